The van der Waals surface area contributed by atoms with Crippen LogP contribution in [0.5, 0.6) is 17.2 Å². The highest BCUT2D eigenvalue weighted by atomic mass is 19.1. The van der Waals surface area contributed by atoms with Gasteiger partial charge in [-0.2, -0.15) is 0 Å². The molecular weight excluding hydrogens is 463 g/mol. The number of rotatable bonds is 7. The predicted octanol–water partition coefficient (Wildman–Crippen LogP) is 4.54. The van der Waals surface area contributed by atoms with Gasteiger partial charge < -0.3 is 9.47 Å². The van der Waals surface area contributed by atoms with E-state index in [1.165, 1.54) is 41.2 Å². The summed E-state index contributed by atoms with van der Waals surface area (Å²) in [6.45, 7) is 0. The number of carbonyl (C=O) groups excluding carboxylic acids is 1. The number of hydrogen-bond donors (Lipinski definition) is 0. The van der Waals surface area contributed by atoms with Crippen LogP contribution in [0.1, 0.15) is 16.1 Å². The number of Topliss-reactive ketones (excluding diaryl/α,β-unsaturated/α-hetero) is 1. The molecule has 2 aromatic carbocycles. The molecule has 0 aliphatic heterocycles. The van der Waals surface area contributed by atoms with E-state index in [1.54, 1.807) is 55.9 Å². The van der Waals surface area contributed by atoms with Crippen molar-refractivity contribution in [3.05, 3.63) is 113 Å². The first-order valence-electron chi connectivity index (χ1n) is 10.9. The van der Waals surface area contributed by atoms with Crippen molar-refractivity contribution >= 4 is 16.8 Å². The largest absolute Gasteiger partial charge is 0.495 e. The fourth-order valence-corrected chi connectivity index (χ4v) is 3.66. The summed E-state index contributed by atoms with van der Waals surface area (Å²) in [5, 5.41) is 0. The highest BCUT2D eigenvalue weighted by Gasteiger charge is 2.16. The molecule has 3 heterocycles. The first-order chi connectivity index (χ1) is 17.5. The number of methoxy groups -OCH3 is 1. The quantitative estimate of drug-likeness (QED) is 0.314. The number of benzene rings is 2. The zero-order valence-corrected chi connectivity index (χ0v) is 19.1. The Bertz CT molecular complexity index is 1620. The van der Waals surface area contributed by atoms with Crippen LogP contribution in [0.2, 0.25) is 0 Å². The molecule has 9 heteroatoms. The fraction of sp³-hybridized carbons (Fsp3) is 0.0741. The van der Waals surface area contributed by atoms with E-state index in [1.807, 2.05) is 0 Å². The van der Waals surface area contributed by atoms with Crippen molar-refractivity contribution in [3.8, 4) is 22.9 Å². The van der Waals surface area contributed by atoms with Gasteiger partial charge in [-0.1, -0.05) is 12.1 Å². The Morgan fingerprint density at radius 2 is 1.72 bits per heavy atom. The molecule has 0 aliphatic rings. The Morgan fingerprint density at radius 1 is 0.944 bits per heavy atom. The third-order valence-electron chi connectivity index (χ3n) is 5.48. The smallest absolute Gasteiger partial charge is 0.284 e. The molecule has 0 amide bonds. The SMILES string of the molecule is COc1cnc2c(Oc3ccc(CC(=O)c4nccn(-c5ccc(F)cc5)c4=O)cc3)ccnc2c1. The molecule has 8 nitrogen and oxygen atoms in total. The van der Waals surface area contributed by atoms with Crippen molar-refractivity contribution in [3.63, 3.8) is 0 Å². The van der Waals surface area contributed by atoms with Gasteiger partial charge in [0.05, 0.1) is 18.8 Å². The van der Waals surface area contributed by atoms with Gasteiger partial charge in [-0.15, -0.1) is 0 Å². The second kappa shape index (κ2) is 9.75. The minimum Gasteiger partial charge on any atom is -0.495 e. The lowest BCUT2D eigenvalue weighted by molar-refractivity contribution is 0.0986. The average Bonchev–Trinajstić information content (AvgIpc) is 2.90. The van der Waals surface area contributed by atoms with Crippen LogP contribution in [0.15, 0.2) is 90.2 Å². The molecule has 36 heavy (non-hydrogen) atoms. The van der Waals surface area contributed by atoms with E-state index >= 15 is 0 Å². The number of ether oxygens (including phenoxy) is 2. The second-order valence-electron chi connectivity index (χ2n) is 7.83. The Labute approximate surface area is 204 Å². The zero-order chi connectivity index (χ0) is 25.1. The van der Waals surface area contributed by atoms with E-state index in [0.29, 0.717) is 39.5 Å². The van der Waals surface area contributed by atoms with Crippen LogP contribution in [0.4, 0.5) is 4.39 Å². The molecule has 0 saturated carbocycles. The summed E-state index contributed by atoms with van der Waals surface area (Å²) in [6.07, 6.45) is 6.00. The van der Waals surface area contributed by atoms with Gasteiger partial charge in [-0.25, -0.2) is 14.4 Å². The highest BCUT2D eigenvalue weighted by molar-refractivity contribution is 5.95. The molecule has 178 valence electrons. The Balaban J connectivity index is 1.33. The summed E-state index contributed by atoms with van der Waals surface area (Å²) in [5.74, 6) is 0.828. The molecular formula is C27H19FN4O4. The van der Waals surface area contributed by atoms with Crippen LogP contribution in [-0.2, 0) is 6.42 Å². The van der Waals surface area contributed by atoms with Crippen LogP contribution >= 0.6 is 0 Å². The van der Waals surface area contributed by atoms with Gasteiger partial charge in [-0.3, -0.25) is 19.1 Å². The maximum Gasteiger partial charge on any atom is 0.284 e. The standard InChI is InChI=1S/C27H19FN4O4/c1-35-21-15-22-25(31-16-21)24(10-11-29-22)36-20-8-2-17(3-9-20)14-23(33)26-27(34)32(13-12-30-26)19-6-4-18(28)5-7-19/h2-13,15-16H,14H2,1H3. The number of hydrogen-bond acceptors (Lipinski definition) is 7. The van der Waals surface area contributed by atoms with Gasteiger partial charge in [0.25, 0.3) is 5.56 Å². The van der Waals surface area contributed by atoms with Gasteiger partial charge in [-0.05, 0) is 42.0 Å². The first-order valence-corrected chi connectivity index (χ1v) is 10.9. The van der Waals surface area contributed by atoms with Gasteiger partial charge in [0.1, 0.15) is 22.8 Å². The first kappa shape index (κ1) is 22.9. The monoisotopic (exact) mass is 482 g/mol. The normalized spacial score (nSPS) is 10.8. The van der Waals surface area contributed by atoms with Gasteiger partial charge in [0.15, 0.2) is 17.2 Å². The number of halogens is 1. The van der Waals surface area contributed by atoms with E-state index in [4.69, 9.17) is 9.47 Å². The molecule has 0 atom stereocenters. The molecule has 3 aromatic heterocycles. The van der Waals surface area contributed by atoms with Crippen LogP contribution in [0, 0.1) is 5.82 Å². The summed E-state index contributed by atoms with van der Waals surface area (Å²) in [4.78, 5) is 38.3. The molecule has 5 aromatic rings. The molecule has 0 radical (unpaired) electrons. The molecule has 0 bridgehead atoms. The van der Waals surface area contributed by atoms with Crippen molar-refractivity contribution in [2.45, 2.75) is 6.42 Å². The molecule has 0 saturated heterocycles. The highest BCUT2D eigenvalue weighted by Crippen LogP contribution is 2.29. The third-order valence-corrected chi connectivity index (χ3v) is 5.48. The third kappa shape index (κ3) is 4.67. The maximum absolute atomic E-state index is 13.2. The summed E-state index contributed by atoms with van der Waals surface area (Å²) in [6, 6.07) is 15.8. The molecule has 0 aliphatic carbocycles. The van der Waals surface area contributed by atoms with E-state index in [-0.39, 0.29) is 12.1 Å². The lowest BCUT2D eigenvalue weighted by atomic mass is 10.1. The summed E-state index contributed by atoms with van der Waals surface area (Å²) >= 11 is 0. The van der Waals surface area contributed by atoms with Gasteiger partial charge >= 0.3 is 0 Å². The number of fused-ring (bicyclic) bond motifs is 1. The minimum atomic E-state index is -0.567. The van der Waals surface area contributed by atoms with Crippen LogP contribution in [0.25, 0.3) is 16.7 Å². The summed E-state index contributed by atoms with van der Waals surface area (Å²) < 4.78 is 25.7. The second-order valence-corrected chi connectivity index (χ2v) is 7.83. The van der Waals surface area contributed by atoms with Crippen molar-refractivity contribution < 1.29 is 18.7 Å². The fourth-order valence-electron chi connectivity index (χ4n) is 3.66. The van der Waals surface area contributed by atoms with Gasteiger partial charge in [0, 0.05) is 42.8 Å². The van der Waals surface area contributed by atoms with Crippen molar-refractivity contribution in [2.75, 3.05) is 7.11 Å². The van der Waals surface area contributed by atoms with Crippen LogP contribution in [-0.4, -0.2) is 32.4 Å². The molecule has 0 N–H and O–H groups in total. The Morgan fingerprint density at radius 3 is 2.47 bits per heavy atom. The topological polar surface area (TPSA) is 96.2 Å². The van der Waals surface area contributed by atoms with E-state index < -0.39 is 17.2 Å². The molecule has 0 fully saturated rings. The number of ketones is 1. The summed E-state index contributed by atoms with van der Waals surface area (Å²) in [5.41, 5.74) is 1.60. The molecule has 5 rings (SSSR count). The number of nitrogens with zero attached hydrogens (tertiary/aromatic N) is 4. The number of aromatic nitrogens is 4. The molecule has 0 unspecified atom stereocenters. The van der Waals surface area contributed by atoms with E-state index in [9.17, 15) is 14.0 Å². The maximum atomic E-state index is 13.2. The predicted molar refractivity (Wildman–Crippen MR) is 130 cm³/mol. The zero-order valence-electron chi connectivity index (χ0n) is 19.1. The van der Waals surface area contributed by atoms with Crippen LogP contribution < -0.4 is 15.0 Å². The van der Waals surface area contributed by atoms with Crippen molar-refractivity contribution in [1.82, 2.24) is 19.5 Å². The van der Waals surface area contributed by atoms with E-state index in [0.717, 1.165) is 0 Å². The lowest BCUT2D eigenvalue weighted by Gasteiger charge is -2.10. The minimum absolute atomic E-state index is 0.0184. The summed E-state index contributed by atoms with van der Waals surface area (Å²) in [7, 11) is 1.56. The van der Waals surface area contributed by atoms with Crippen molar-refractivity contribution in [1.29, 1.82) is 0 Å². The average molecular weight is 482 g/mol. The van der Waals surface area contributed by atoms with Crippen molar-refractivity contribution in [2.24, 2.45) is 0 Å². The van der Waals surface area contributed by atoms with E-state index in [2.05, 4.69) is 15.0 Å². The number of carbonyl (C=O) groups is 1. The number of pyridine rings is 2. The lowest BCUT2D eigenvalue weighted by Crippen LogP contribution is -2.27. The Kier molecular flexibility index (Phi) is 6.19. The molecule has 0 spiro atoms. The Hall–Kier alpha value is -4.92. The van der Waals surface area contributed by atoms with Crippen LogP contribution in [0.3, 0.4) is 0 Å². The van der Waals surface area contributed by atoms with Gasteiger partial charge in [0.2, 0.25) is 0 Å².